The number of carbonyl (C=O) groups is 2. The smallest absolute Gasteiger partial charge is 0.323 e. The summed E-state index contributed by atoms with van der Waals surface area (Å²) in [6, 6.07) is 5.37. The third-order valence-corrected chi connectivity index (χ3v) is 6.17. The van der Waals surface area contributed by atoms with Crippen LogP contribution in [-0.2, 0) is 17.4 Å². The predicted molar refractivity (Wildman–Crippen MR) is 104 cm³/mol. The zero-order valence-corrected chi connectivity index (χ0v) is 16.3. The molecule has 0 radical (unpaired) electrons. The third-order valence-electron chi connectivity index (χ3n) is 4.70. The number of hydrogen-bond acceptors (Lipinski definition) is 7. The minimum Gasteiger partial charge on any atom is -0.480 e. The quantitative estimate of drug-likeness (QED) is 0.679. The lowest BCUT2D eigenvalue weighted by Crippen LogP contribution is -2.42. The molecule has 0 bridgehead atoms. The number of nitrogens with zero attached hydrogens (tertiary/aromatic N) is 5. The number of thiophene rings is 1. The summed E-state index contributed by atoms with van der Waals surface area (Å²) >= 11 is 1.45. The van der Waals surface area contributed by atoms with Gasteiger partial charge in [0.15, 0.2) is 0 Å². The van der Waals surface area contributed by atoms with Crippen molar-refractivity contribution in [1.82, 2.24) is 24.6 Å². The molecule has 0 aliphatic carbocycles. The first-order chi connectivity index (χ1) is 13.3. The average Bonchev–Trinajstić information content (AvgIpc) is 3.30. The van der Waals surface area contributed by atoms with Crippen molar-refractivity contribution < 1.29 is 14.7 Å². The Morgan fingerprint density at radius 1 is 1.32 bits per heavy atom. The van der Waals surface area contributed by atoms with Gasteiger partial charge in [-0.2, -0.15) is 5.10 Å². The van der Waals surface area contributed by atoms with Crippen molar-refractivity contribution in [1.29, 1.82) is 0 Å². The molecule has 4 rings (SSSR count). The van der Waals surface area contributed by atoms with Crippen LogP contribution in [-0.4, -0.2) is 48.2 Å². The largest absolute Gasteiger partial charge is 0.480 e. The summed E-state index contributed by atoms with van der Waals surface area (Å²) in [5, 5.41) is 16.3. The standard InChI is InChI=1S/C18H18N6O3S/c1-18(2)15-10(16(27)24(18)9-14(25)26)8-12(28-15)11-4-6-19-17(21-11)22-13-5-7-20-23(13)3/h4-8H,9H2,1-3H3,(H,25,26)(H,19,21,22). The van der Waals surface area contributed by atoms with E-state index >= 15 is 0 Å². The van der Waals surface area contributed by atoms with E-state index in [4.69, 9.17) is 5.11 Å². The molecule has 10 heteroatoms. The van der Waals surface area contributed by atoms with E-state index in [2.05, 4.69) is 20.4 Å². The van der Waals surface area contributed by atoms with Crippen LogP contribution in [0.15, 0.2) is 30.6 Å². The maximum absolute atomic E-state index is 12.7. The van der Waals surface area contributed by atoms with E-state index in [-0.39, 0.29) is 12.5 Å². The molecule has 1 aliphatic heterocycles. The van der Waals surface area contributed by atoms with Gasteiger partial charge in [0.2, 0.25) is 5.95 Å². The number of fused-ring (bicyclic) bond motifs is 1. The molecular formula is C18H18N6O3S. The summed E-state index contributed by atoms with van der Waals surface area (Å²) in [6.45, 7) is 3.39. The summed E-state index contributed by atoms with van der Waals surface area (Å²) in [4.78, 5) is 35.7. The fourth-order valence-corrected chi connectivity index (χ4v) is 4.46. The molecule has 0 saturated carbocycles. The van der Waals surface area contributed by atoms with Gasteiger partial charge in [-0.25, -0.2) is 9.97 Å². The monoisotopic (exact) mass is 398 g/mol. The number of amides is 1. The topological polar surface area (TPSA) is 113 Å². The summed E-state index contributed by atoms with van der Waals surface area (Å²) in [5.41, 5.74) is 0.537. The molecule has 0 unspecified atom stereocenters. The lowest BCUT2D eigenvalue weighted by atomic mass is 10.0. The van der Waals surface area contributed by atoms with Gasteiger partial charge in [0.25, 0.3) is 5.91 Å². The van der Waals surface area contributed by atoms with Crippen LogP contribution >= 0.6 is 11.3 Å². The summed E-state index contributed by atoms with van der Waals surface area (Å²) in [6.07, 6.45) is 3.32. The van der Waals surface area contributed by atoms with Crippen molar-refractivity contribution in [2.75, 3.05) is 11.9 Å². The fraction of sp³-hybridized carbons (Fsp3) is 0.278. The number of hydrogen-bond donors (Lipinski definition) is 2. The van der Waals surface area contributed by atoms with Crippen molar-refractivity contribution >= 4 is 35.0 Å². The number of nitrogens with one attached hydrogen (secondary N) is 1. The molecule has 0 saturated heterocycles. The van der Waals surface area contributed by atoms with E-state index in [0.717, 1.165) is 15.6 Å². The Balaban J connectivity index is 1.66. The Labute approximate surface area is 164 Å². The molecule has 1 amide bonds. The first-order valence-electron chi connectivity index (χ1n) is 8.54. The number of anilines is 2. The number of aliphatic carboxylic acids is 1. The molecular weight excluding hydrogens is 380 g/mol. The molecule has 2 N–H and O–H groups in total. The Kier molecular flexibility index (Phi) is 4.15. The number of carboxylic acids is 1. The molecule has 0 atom stereocenters. The highest BCUT2D eigenvalue weighted by molar-refractivity contribution is 7.16. The van der Waals surface area contributed by atoms with Crippen molar-refractivity contribution in [3.05, 3.63) is 41.0 Å². The highest BCUT2D eigenvalue weighted by atomic mass is 32.1. The number of carbonyl (C=O) groups excluding carboxylic acids is 1. The molecule has 3 aromatic heterocycles. The number of rotatable bonds is 5. The Morgan fingerprint density at radius 3 is 2.75 bits per heavy atom. The van der Waals surface area contributed by atoms with Gasteiger partial charge >= 0.3 is 5.97 Å². The lowest BCUT2D eigenvalue weighted by molar-refractivity contribution is -0.138. The van der Waals surface area contributed by atoms with Gasteiger partial charge in [0.05, 0.1) is 27.9 Å². The highest BCUT2D eigenvalue weighted by Gasteiger charge is 2.45. The van der Waals surface area contributed by atoms with Crippen LogP contribution in [0, 0.1) is 0 Å². The first-order valence-corrected chi connectivity index (χ1v) is 9.35. The molecule has 1 aliphatic rings. The predicted octanol–water partition coefficient (Wildman–Crippen LogP) is 2.46. The molecule has 9 nitrogen and oxygen atoms in total. The normalized spacial score (nSPS) is 15.0. The van der Waals surface area contributed by atoms with Gasteiger partial charge in [0.1, 0.15) is 12.4 Å². The van der Waals surface area contributed by atoms with Crippen LogP contribution in [0.25, 0.3) is 10.6 Å². The van der Waals surface area contributed by atoms with Crippen molar-refractivity contribution in [2.45, 2.75) is 19.4 Å². The van der Waals surface area contributed by atoms with E-state index in [1.54, 1.807) is 29.2 Å². The van der Waals surface area contributed by atoms with Gasteiger partial charge in [-0.05, 0) is 26.0 Å². The van der Waals surface area contributed by atoms with Crippen molar-refractivity contribution in [2.24, 2.45) is 7.05 Å². The SMILES string of the molecule is Cn1nccc1Nc1nccc(-c2cc3c(s2)C(C)(C)N(CC(=O)O)C3=O)n1. The van der Waals surface area contributed by atoms with Crippen LogP contribution in [0.2, 0.25) is 0 Å². The third kappa shape index (κ3) is 2.91. The van der Waals surface area contributed by atoms with Gasteiger partial charge in [-0.15, -0.1) is 11.3 Å². The maximum atomic E-state index is 12.7. The minimum atomic E-state index is -1.03. The van der Waals surface area contributed by atoms with E-state index in [0.29, 0.717) is 17.2 Å². The second kappa shape index (κ2) is 6.41. The molecule has 4 heterocycles. The second-order valence-electron chi connectivity index (χ2n) is 6.93. The summed E-state index contributed by atoms with van der Waals surface area (Å²) in [5.74, 6) is -0.120. The van der Waals surface area contributed by atoms with E-state index in [1.165, 1.54) is 16.2 Å². The molecule has 0 fully saturated rings. The van der Waals surface area contributed by atoms with Crippen LogP contribution in [0.1, 0.15) is 29.1 Å². The van der Waals surface area contributed by atoms with Gasteiger partial charge in [-0.3, -0.25) is 14.3 Å². The van der Waals surface area contributed by atoms with Crippen LogP contribution in [0.3, 0.4) is 0 Å². The van der Waals surface area contributed by atoms with Crippen LogP contribution < -0.4 is 5.32 Å². The molecule has 3 aromatic rings. The molecule has 0 spiro atoms. The molecule has 144 valence electrons. The van der Waals surface area contributed by atoms with Crippen molar-refractivity contribution in [3.8, 4) is 10.6 Å². The molecule has 28 heavy (non-hydrogen) atoms. The first kappa shape index (κ1) is 18.1. The second-order valence-corrected chi connectivity index (χ2v) is 7.98. The van der Waals surface area contributed by atoms with E-state index in [1.807, 2.05) is 27.0 Å². The van der Waals surface area contributed by atoms with Crippen molar-refractivity contribution in [3.63, 3.8) is 0 Å². The maximum Gasteiger partial charge on any atom is 0.323 e. The fourth-order valence-electron chi connectivity index (χ4n) is 3.22. The van der Waals surface area contributed by atoms with Crippen LogP contribution in [0.5, 0.6) is 0 Å². The lowest BCUT2D eigenvalue weighted by Gasteiger charge is -2.30. The van der Waals surface area contributed by atoms with Gasteiger partial charge in [0, 0.05) is 24.2 Å². The minimum absolute atomic E-state index is 0.271. The zero-order valence-electron chi connectivity index (χ0n) is 15.5. The summed E-state index contributed by atoms with van der Waals surface area (Å²) in [7, 11) is 1.81. The van der Waals surface area contributed by atoms with Crippen LogP contribution in [0.4, 0.5) is 11.8 Å². The Bertz CT molecular complexity index is 1090. The zero-order chi connectivity index (χ0) is 20.1. The van der Waals surface area contributed by atoms with E-state index < -0.39 is 11.5 Å². The number of aryl methyl sites for hydroxylation is 1. The number of aromatic nitrogens is 4. The molecule has 0 aromatic carbocycles. The van der Waals surface area contributed by atoms with Gasteiger partial charge < -0.3 is 15.3 Å². The Hall–Kier alpha value is -3.27. The number of carboxylic acid groups (broad SMARTS) is 1. The Morgan fingerprint density at radius 2 is 2.11 bits per heavy atom. The summed E-state index contributed by atoms with van der Waals surface area (Å²) < 4.78 is 1.67. The average molecular weight is 398 g/mol. The highest BCUT2D eigenvalue weighted by Crippen LogP contribution is 2.45. The van der Waals surface area contributed by atoms with E-state index in [9.17, 15) is 9.59 Å². The van der Waals surface area contributed by atoms with Gasteiger partial charge in [-0.1, -0.05) is 0 Å².